The van der Waals surface area contributed by atoms with Crippen molar-refractivity contribution in [2.75, 3.05) is 12.8 Å². The summed E-state index contributed by atoms with van der Waals surface area (Å²) in [7, 11) is 1.86. The van der Waals surface area contributed by atoms with Crippen LogP contribution in [-0.4, -0.2) is 28.4 Å². The minimum Gasteiger partial charge on any atom is -0.340 e. The third-order valence-electron chi connectivity index (χ3n) is 2.08. The Labute approximate surface area is 120 Å². The van der Waals surface area contributed by atoms with Gasteiger partial charge >= 0.3 is 0 Å². The van der Waals surface area contributed by atoms with Crippen molar-refractivity contribution in [3.05, 3.63) is 20.8 Å². The summed E-state index contributed by atoms with van der Waals surface area (Å²) in [5.41, 5.74) is 0. The summed E-state index contributed by atoms with van der Waals surface area (Å²) >= 11 is 6.79. The van der Waals surface area contributed by atoms with Gasteiger partial charge in [-0.15, -0.1) is 23.1 Å². The molecular weight excluding hydrogens is 318 g/mol. The van der Waals surface area contributed by atoms with Gasteiger partial charge in [0, 0.05) is 16.7 Å². The predicted octanol–water partition coefficient (Wildman–Crippen LogP) is 4.00. The van der Waals surface area contributed by atoms with Crippen LogP contribution in [0.4, 0.5) is 0 Å². The molecule has 1 heterocycles. The fourth-order valence-corrected chi connectivity index (χ4v) is 3.46. The fourth-order valence-electron chi connectivity index (χ4n) is 1.15. The van der Waals surface area contributed by atoms with Gasteiger partial charge in [0.05, 0.1) is 16.1 Å². The van der Waals surface area contributed by atoms with E-state index in [9.17, 15) is 4.79 Å². The van der Waals surface area contributed by atoms with Crippen molar-refractivity contribution in [3.63, 3.8) is 0 Å². The number of halogens is 1. The molecule has 0 saturated carbocycles. The lowest BCUT2D eigenvalue weighted by molar-refractivity contribution is -0.127. The first-order valence-corrected chi connectivity index (χ1v) is 7.99. The predicted molar refractivity (Wildman–Crippen MR) is 80.7 cm³/mol. The number of hydrogen-bond acceptors (Lipinski definition) is 3. The summed E-state index contributed by atoms with van der Waals surface area (Å²) in [6.07, 6.45) is 0. The fraction of sp³-hybridized carbons (Fsp3) is 0.583. The van der Waals surface area contributed by atoms with Crippen molar-refractivity contribution in [3.8, 4) is 0 Å². The normalized spacial score (nSPS) is 11.6. The number of carbonyl (C=O) groups is 1. The molecule has 0 aliphatic carbocycles. The number of hydrogen-bond donors (Lipinski definition) is 0. The molecule has 1 aromatic heterocycles. The highest BCUT2D eigenvalue weighted by Crippen LogP contribution is 2.25. The van der Waals surface area contributed by atoms with Crippen molar-refractivity contribution >= 4 is 44.9 Å². The van der Waals surface area contributed by atoms with Gasteiger partial charge in [0.2, 0.25) is 5.91 Å². The maximum absolute atomic E-state index is 11.9. The highest BCUT2D eigenvalue weighted by Gasteiger charge is 2.16. The van der Waals surface area contributed by atoms with Crippen LogP contribution in [-0.2, 0) is 11.3 Å². The third kappa shape index (κ3) is 5.93. The molecule has 0 aliphatic rings. The Morgan fingerprint density at radius 3 is 2.59 bits per heavy atom. The maximum atomic E-state index is 11.9. The van der Waals surface area contributed by atoms with E-state index in [2.05, 4.69) is 42.8 Å². The molecule has 0 N–H and O–H groups in total. The number of thioether (sulfide) groups is 1. The topological polar surface area (TPSA) is 20.3 Å². The molecule has 0 aromatic carbocycles. The van der Waals surface area contributed by atoms with Gasteiger partial charge in [-0.3, -0.25) is 4.79 Å². The lowest BCUT2D eigenvalue weighted by Crippen LogP contribution is -2.28. The number of nitrogens with zero attached hydrogens (tertiary/aromatic N) is 1. The lowest BCUT2D eigenvalue weighted by Gasteiger charge is -2.20. The van der Waals surface area contributed by atoms with Gasteiger partial charge in [0.25, 0.3) is 0 Å². The number of carbonyl (C=O) groups excluding carboxylic acids is 1. The zero-order valence-corrected chi connectivity index (χ0v) is 13.8. The van der Waals surface area contributed by atoms with Gasteiger partial charge < -0.3 is 4.90 Å². The van der Waals surface area contributed by atoms with E-state index >= 15 is 0 Å². The molecular formula is C12H18BrNOS2. The smallest absolute Gasteiger partial charge is 0.232 e. The van der Waals surface area contributed by atoms with Gasteiger partial charge in [-0.1, -0.05) is 20.8 Å². The van der Waals surface area contributed by atoms with E-state index < -0.39 is 0 Å². The highest BCUT2D eigenvalue weighted by molar-refractivity contribution is 9.11. The minimum absolute atomic E-state index is 0.141. The van der Waals surface area contributed by atoms with Crippen LogP contribution in [0, 0.1) is 0 Å². The second kappa shape index (κ2) is 6.25. The molecule has 1 rings (SSSR count). The molecule has 0 aliphatic heterocycles. The van der Waals surface area contributed by atoms with Crippen molar-refractivity contribution in [1.82, 2.24) is 4.90 Å². The molecule has 96 valence electrons. The van der Waals surface area contributed by atoms with E-state index in [0.29, 0.717) is 12.3 Å². The van der Waals surface area contributed by atoms with Gasteiger partial charge in [0.15, 0.2) is 0 Å². The van der Waals surface area contributed by atoms with Gasteiger partial charge in [0.1, 0.15) is 0 Å². The van der Waals surface area contributed by atoms with E-state index in [-0.39, 0.29) is 10.7 Å². The number of thiophene rings is 1. The van der Waals surface area contributed by atoms with Crippen molar-refractivity contribution in [2.45, 2.75) is 32.1 Å². The molecule has 0 spiro atoms. The Morgan fingerprint density at radius 2 is 2.12 bits per heavy atom. The Kier molecular flexibility index (Phi) is 5.54. The quantitative estimate of drug-likeness (QED) is 0.828. The number of amides is 1. The van der Waals surface area contributed by atoms with Crippen molar-refractivity contribution in [2.24, 2.45) is 0 Å². The first-order valence-electron chi connectivity index (χ1n) is 5.40. The van der Waals surface area contributed by atoms with Crippen LogP contribution in [0.3, 0.4) is 0 Å². The molecule has 0 fully saturated rings. The summed E-state index contributed by atoms with van der Waals surface area (Å²) in [5, 5.41) is 0. The van der Waals surface area contributed by atoms with Crippen LogP contribution in [0.1, 0.15) is 25.6 Å². The second-order valence-electron chi connectivity index (χ2n) is 4.86. The largest absolute Gasteiger partial charge is 0.340 e. The third-order valence-corrected chi connectivity index (χ3v) is 4.94. The maximum Gasteiger partial charge on any atom is 0.232 e. The Balaban J connectivity index is 2.42. The van der Waals surface area contributed by atoms with Crippen LogP contribution in [0.2, 0.25) is 0 Å². The lowest BCUT2D eigenvalue weighted by atomic mass is 10.3. The summed E-state index contributed by atoms with van der Waals surface area (Å²) in [6, 6.07) is 4.07. The van der Waals surface area contributed by atoms with Crippen LogP contribution < -0.4 is 0 Å². The Morgan fingerprint density at radius 1 is 1.47 bits per heavy atom. The number of rotatable bonds is 4. The van der Waals surface area contributed by atoms with E-state index in [1.165, 1.54) is 4.88 Å². The molecule has 0 radical (unpaired) electrons. The molecule has 0 unspecified atom stereocenters. The average molecular weight is 336 g/mol. The van der Waals surface area contributed by atoms with Crippen LogP contribution in [0.5, 0.6) is 0 Å². The summed E-state index contributed by atoms with van der Waals surface area (Å²) in [4.78, 5) is 14.9. The zero-order valence-electron chi connectivity index (χ0n) is 10.6. The zero-order chi connectivity index (χ0) is 13.1. The van der Waals surface area contributed by atoms with E-state index in [0.717, 1.165) is 3.79 Å². The van der Waals surface area contributed by atoms with Crippen LogP contribution in [0.25, 0.3) is 0 Å². The van der Waals surface area contributed by atoms with Gasteiger partial charge in [-0.2, -0.15) is 0 Å². The Hall–Kier alpha value is -0.000000000000000111. The van der Waals surface area contributed by atoms with Gasteiger partial charge in [-0.25, -0.2) is 0 Å². The Bertz CT molecular complexity index is 384. The molecule has 1 aromatic rings. The summed E-state index contributed by atoms with van der Waals surface area (Å²) < 4.78 is 1.25. The molecule has 17 heavy (non-hydrogen) atoms. The van der Waals surface area contributed by atoms with E-state index in [1.807, 2.05) is 13.1 Å². The summed E-state index contributed by atoms with van der Waals surface area (Å²) in [5.74, 6) is 0.737. The SMILES string of the molecule is CN(Cc1ccc(Br)s1)C(=O)CSC(C)(C)C. The van der Waals surface area contributed by atoms with Crippen molar-refractivity contribution in [1.29, 1.82) is 0 Å². The summed E-state index contributed by atoms with van der Waals surface area (Å²) in [6.45, 7) is 7.07. The standard InChI is InChI=1S/C12H18BrNOS2/c1-12(2,3)16-8-11(15)14(4)7-9-5-6-10(13)17-9/h5-6H,7-8H2,1-4H3. The van der Waals surface area contributed by atoms with Gasteiger partial charge in [-0.05, 0) is 28.1 Å². The average Bonchev–Trinajstić information content (AvgIpc) is 2.59. The highest BCUT2D eigenvalue weighted by atomic mass is 79.9. The van der Waals surface area contributed by atoms with Crippen LogP contribution >= 0.6 is 39.0 Å². The molecule has 0 bridgehead atoms. The second-order valence-corrected chi connectivity index (χ2v) is 9.21. The van der Waals surface area contributed by atoms with E-state index in [4.69, 9.17) is 0 Å². The van der Waals surface area contributed by atoms with E-state index in [1.54, 1.807) is 28.0 Å². The molecule has 1 amide bonds. The van der Waals surface area contributed by atoms with Crippen molar-refractivity contribution < 1.29 is 4.79 Å². The molecule has 2 nitrogen and oxygen atoms in total. The monoisotopic (exact) mass is 335 g/mol. The molecule has 0 saturated heterocycles. The molecule has 0 atom stereocenters. The first-order chi connectivity index (χ1) is 7.78. The molecule has 5 heteroatoms. The van der Waals surface area contributed by atoms with Crippen LogP contribution in [0.15, 0.2) is 15.9 Å². The first kappa shape index (κ1) is 15.1. The minimum atomic E-state index is 0.141.